The zero-order valence-corrected chi connectivity index (χ0v) is 92.6. The van der Waals surface area contributed by atoms with Crippen molar-refractivity contribution in [2.75, 3.05) is 13.2 Å². The Morgan fingerprint density at radius 2 is 0.221 bits per heavy atom. The van der Waals surface area contributed by atoms with Gasteiger partial charge in [0.2, 0.25) is 0 Å². The van der Waals surface area contributed by atoms with Gasteiger partial charge in [0, 0.05) is 183 Å². The highest BCUT2D eigenvalue weighted by atomic mass is 28.7. The van der Waals surface area contributed by atoms with Gasteiger partial charge in [0.15, 0.2) is 0 Å². The number of hydrogen-bond acceptors (Lipinski definition) is 42. The Bertz CT molecular complexity index is 3030. The van der Waals surface area contributed by atoms with Gasteiger partial charge in [0.25, 0.3) is 0 Å². The van der Waals surface area contributed by atoms with Crippen LogP contribution in [0.4, 0.5) is 0 Å². The molecule has 15 rings (SSSR count). The Morgan fingerprint density at radius 3 is 0.327 bits per heavy atom. The highest BCUT2D eigenvalue weighted by molar-refractivity contribution is 7.06. The summed E-state index contributed by atoms with van der Waals surface area (Å²) in [6.07, 6.45) is 0. The van der Waals surface area contributed by atoms with Crippen molar-refractivity contribution in [1.82, 2.24) is 0 Å². The molecule has 0 amide bonds. The Labute approximate surface area is 637 Å². The smallest absolute Gasteiger partial charge is 0.416 e. The van der Waals surface area contributed by atoms with Gasteiger partial charge in [-0.3, -0.25) is 0 Å². The molecule has 0 aromatic heterocycles. The van der Waals surface area contributed by atoms with Crippen LogP contribution in [-0.2, 0) is 173 Å². The third kappa shape index (κ3) is 18.6. The fourth-order valence-corrected chi connectivity index (χ4v) is 171. The van der Waals surface area contributed by atoms with E-state index in [-0.39, 0.29) is 13.2 Å². The minimum Gasteiger partial charge on any atom is -0.416 e. The van der Waals surface area contributed by atoms with Crippen molar-refractivity contribution >= 4 is 246 Å². The first-order valence-corrected chi connectivity index (χ1v) is 97.2. The van der Waals surface area contributed by atoms with E-state index in [0.717, 1.165) is 0 Å². The van der Waals surface area contributed by atoms with Gasteiger partial charge in [-0.25, -0.2) is 0 Å². The summed E-state index contributed by atoms with van der Waals surface area (Å²) in [6, 6.07) is 0. The maximum absolute atomic E-state index is 7.14. The molecular weight excluding hydrogens is 1870 g/mol. The molecule has 15 saturated heterocycles. The highest BCUT2D eigenvalue weighted by Crippen LogP contribution is 2.53. The van der Waals surface area contributed by atoms with Gasteiger partial charge in [-0.2, -0.15) is 0 Å². The van der Waals surface area contributed by atoms with Crippen LogP contribution in [-0.4, -0.2) is 259 Å². The molecule has 18 atom stereocenters. The fourth-order valence-electron chi connectivity index (χ4n) is 16.2. The molecule has 0 aliphatic carbocycles. The minimum absolute atomic E-state index is 0.245. The summed E-state index contributed by atoms with van der Waals surface area (Å²) < 4.78 is 285. The van der Waals surface area contributed by atoms with Crippen LogP contribution in [0.15, 0.2) is 0 Å². The number of fused-ring (bicyclic) bond motifs is 16. The Hall–Kier alpha value is 4.39. The van der Waals surface area contributed by atoms with Gasteiger partial charge in [-0.05, 0) is 40.0 Å². The molecule has 104 heavy (non-hydrogen) atoms. The minimum atomic E-state index is -4.35. The van der Waals surface area contributed by atoms with Gasteiger partial charge >= 0.3 is 246 Å². The van der Waals surface area contributed by atoms with Crippen LogP contribution in [0, 0.1) is 0 Å². The molecule has 18 unspecified atom stereocenters. The van der Waals surface area contributed by atoms with Gasteiger partial charge in [-0.1, -0.05) is 0 Å². The predicted octanol–water partition coefficient (Wildman–Crippen LogP) is 5.09. The largest absolute Gasteiger partial charge is 0.482 e. The molecule has 15 heterocycles. The van der Waals surface area contributed by atoms with Crippen molar-refractivity contribution in [2.45, 2.75) is 210 Å². The standard InChI is InChI=1S/C26H76O30Si20.C8H24O12Si8/c1-25-27-59(7)32-60(8,28-26-2)34-64(12)38-63(11,33-59)39-67(15)44-68(16,40-64)46-72(20)50-71(19,45-67)51-75(23)54-73(21)48-69(17)42-65(13)36-61(9)30-57(3,4)29-58(5,6)31-62(10,35-61)37-66(14,41-65)43-70(18,47-69)49-74(22,53-73)55-76(24,52-72)56-75;1-21-9-22(2)12-25(5)14-23(3,10-21)16-27(7)17-24(4,11-21)15-26(6,13-22)19-28(8,18-25)20-27/h25-26H2,1-24H3;1-8H3. The van der Waals surface area contributed by atoms with E-state index < -0.39 is 246 Å². The van der Waals surface area contributed by atoms with Crippen molar-refractivity contribution in [2.24, 2.45) is 0 Å². The highest BCUT2D eigenvalue weighted by Gasteiger charge is 2.83. The molecule has 15 aliphatic heterocycles. The van der Waals surface area contributed by atoms with Crippen molar-refractivity contribution in [3.05, 3.63) is 0 Å². The second kappa shape index (κ2) is 26.0. The molecule has 0 aromatic rings. The van der Waals surface area contributed by atoms with Crippen LogP contribution in [0.1, 0.15) is 13.8 Å². The summed E-state index contributed by atoms with van der Waals surface area (Å²) in [7, 11) is -107. The molecule has 24 bridgehead atoms. The third-order valence-electron chi connectivity index (χ3n) is 15.9. The van der Waals surface area contributed by atoms with Crippen LogP contribution in [0.2, 0.25) is 196 Å². The topological polar surface area (TPSA) is 388 Å². The van der Waals surface area contributed by atoms with E-state index in [1.54, 1.807) is 170 Å². The molecule has 0 spiro atoms. The lowest BCUT2D eigenvalue weighted by atomic mass is 10.9. The van der Waals surface area contributed by atoms with E-state index in [9.17, 15) is 0 Å². The van der Waals surface area contributed by atoms with Crippen LogP contribution < -0.4 is 0 Å². The fraction of sp³-hybridized carbons (Fsp3) is 1.00. The van der Waals surface area contributed by atoms with Crippen LogP contribution in [0.5, 0.6) is 0 Å². The van der Waals surface area contributed by atoms with E-state index >= 15 is 0 Å². The van der Waals surface area contributed by atoms with E-state index in [0.29, 0.717) is 0 Å². The average molecular weight is 1970 g/mol. The first-order valence-electron chi connectivity index (χ1n) is 33.7. The molecule has 0 saturated carbocycles. The summed E-state index contributed by atoms with van der Waals surface area (Å²) in [5, 5.41) is 0. The van der Waals surface area contributed by atoms with Gasteiger partial charge < -0.3 is 173 Å². The number of hydrogen-bond donors (Lipinski definition) is 0. The average Bonchev–Trinajstić information content (AvgIpc) is 0.705. The Morgan fingerprint density at radius 1 is 0.125 bits per heavy atom. The normalized spacial score (nSPS) is 60.5. The van der Waals surface area contributed by atoms with Crippen molar-refractivity contribution < 1.29 is 173 Å². The van der Waals surface area contributed by atoms with Gasteiger partial charge in [-0.15, -0.1) is 0 Å². The van der Waals surface area contributed by atoms with E-state index in [1.165, 1.54) is 0 Å². The molecule has 15 aliphatic rings. The lowest BCUT2D eigenvalue weighted by Crippen LogP contribution is -2.86. The van der Waals surface area contributed by atoms with E-state index in [4.69, 9.17) is 173 Å². The SMILES string of the molecule is CCO[Si]1(C)O[Si](C)(OCC)O[Si]2(C)O[Si](C)(O1)O[Si]1(C)O[Si](C)(O2)O[Si]2(C)O[Si](C)(O1)O[Si]1(C)O[Si]3(C)O[Si]4(C)O[Si]5(C)O[Si]6(C)O[Si](C)(C)O[Si](C)(C)O[Si](C)(O6)O[Si](C)(O5)O[Si](C)(O4)O[Si](C)(O3)O[Si](C)(O2)O1.C[Si]12O[Si]3(C)O[Si]4(C)O[Si](C)(O1)O[Si]1(C)O[Si](C)(O2)O[Si](C)(O3)O[Si](C)(O4)O1. The zero-order chi connectivity index (χ0) is 77.1. The molecule has 42 nitrogen and oxygen atoms in total. The first-order chi connectivity index (χ1) is 46.4. The summed E-state index contributed by atoms with van der Waals surface area (Å²) in [4.78, 5) is 0. The second-order valence-corrected chi connectivity index (χ2v) is 114. The molecule has 600 valence electrons. The molecule has 15 fully saturated rings. The van der Waals surface area contributed by atoms with Crippen LogP contribution >= 0.6 is 0 Å². The Balaban J connectivity index is 0.000000283. The third-order valence-corrected chi connectivity index (χ3v) is 138. The van der Waals surface area contributed by atoms with Crippen molar-refractivity contribution in [3.8, 4) is 0 Å². The van der Waals surface area contributed by atoms with Crippen LogP contribution in [0.3, 0.4) is 0 Å². The molecule has 70 heteroatoms. The summed E-state index contributed by atoms with van der Waals surface area (Å²) in [5.41, 5.74) is 0. The van der Waals surface area contributed by atoms with E-state index in [2.05, 4.69) is 0 Å². The summed E-state index contributed by atoms with van der Waals surface area (Å²) >= 11 is 0. The van der Waals surface area contributed by atoms with Gasteiger partial charge in [0.05, 0.1) is 0 Å². The zero-order valence-electron chi connectivity index (χ0n) is 64.6. The molecular formula is C34H100O42Si28. The van der Waals surface area contributed by atoms with Crippen molar-refractivity contribution in [3.63, 3.8) is 0 Å². The maximum atomic E-state index is 7.14. The lowest BCUT2D eigenvalue weighted by Gasteiger charge is -2.60. The summed E-state index contributed by atoms with van der Waals surface area (Å²) in [6.45, 7) is 55.8. The van der Waals surface area contributed by atoms with E-state index in [1.807, 2.05) is 40.0 Å². The van der Waals surface area contributed by atoms with Crippen molar-refractivity contribution in [1.29, 1.82) is 0 Å². The molecule has 0 radical (unpaired) electrons. The predicted molar refractivity (Wildman–Crippen MR) is 404 cm³/mol. The van der Waals surface area contributed by atoms with Crippen LogP contribution in [0.25, 0.3) is 0 Å². The first kappa shape index (κ1) is 86.2. The maximum Gasteiger partial charge on any atom is 0.482 e. The molecule has 0 N–H and O–H groups in total. The second-order valence-electron chi connectivity index (χ2n) is 30.2. The summed E-state index contributed by atoms with van der Waals surface area (Å²) in [5.74, 6) is 0. The monoisotopic (exact) mass is 1960 g/mol. The molecule has 0 aromatic carbocycles. The number of rotatable bonds is 4. The quantitative estimate of drug-likeness (QED) is 0.331. The lowest BCUT2D eigenvalue weighted by molar-refractivity contribution is -0.0210. The Kier molecular flexibility index (Phi) is 21.5. The van der Waals surface area contributed by atoms with Gasteiger partial charge in [0.1, 0.15) is 0 Å².